The van der Waals surface area contributed by atoms with Crippen molar-refractivity contribution in [1.29, 1.82) is 0 Å². The quantitative estimate of drug-likeness (QED) is 0.451. The van der Waals surface area contributed by atoms with Gasteiger partial charge in [0.25, 0.3) is 0 Å². The van der Waals surface area contributed by atoms with Gasteiger partial charge in [-0.2, -0.15) is 21.6 Å². The second-order valence-corrected chi connectivity index (χ2v) is 5.86. The standard InChI is InChI=1S/C11H15F3O3S/c1-3-4-9-6-5-8(2)10(7-9)17-18(15,16)11(12,13)14/h3,9H,1,4-7H2,2H3. The van der Waals surface area contributed by atoms with E-state index in [1.165, 1.54) is 0 Å². The highest BCUT2D eigenvalue weighted by molar-refractivity contribution is 7.87. The highest BCUT2D eigenvalue weighted by atomic mass is 32.2. The molecule has 0 aromatic rings. The molecule has 1 rings (SSSR count). The first-order valence-corrected chi connectivity index (χ1v) is 6.88. The Balaban J connectivity index is 2.86. The molecule has 0 amide bonds. The van der Waals surface area contributed by atoms with E-state index >= 15 is 0 Å². The minimum atomic E-state index is -5.55. The third kappa shape index (κ3) is 3.51. The Hall–Kier alpha value is -0.980. The molecule has 1 atom stereocenters. The molecule has 0 spiro atoms. The monoisotopic (exact) mass is 284 g/mol. The van der Waals surface area contributed by atoms with Gasteiger partial charge in [0.15, 0.2) is 0 Å². The lowest BCUT2D eigenvalue weighted by atomic mass is 9.87. The Kier molecular flexibility index (Phi) is 4.47. The molecule has 0 radical (unpaired) electrons. The van der Waals surface area contributed by atoms with Crippen molar-refractivity contribution in [2.75, 3.05) is 0 Å². The van der Waals surface area contributed by atoms with Gasteiger partial charge in [0.05, 0.1) is 0 Å². The molecule has 0 saturated carbocycles. The van der Waals surface area contributed by atoms with E-state index in [4.69, 9.17) is 0 Å². The Labute approximate surface area is 104 Å². The van der Waals surface area contributed by atoms with Crippen molar-refractivity contribution >= 4 is 10.1 Å². The van der Waals surface area contributed by atoms with Gasteiger partial charge in [-0.1, -0.05) is 6.08 Å². The number of hydrogen-bond acceptors (Lipinski definition) is 3. The molecular formula is C11H15F3O3S. The number of alkyl halides is 3. The summed E-state index contributed by atoms with van der Waals surface area (Å²) in [5.74, 6) is 0.00931. The van der Waals surface area contributed by atoms with Gasteiger partial charge < -0.3 is 4.18 Å². The van der Waals surface area contributed by atoms with Crippen LogP contribution in [0.4, 0.5) is 13.2 Å². The Morgan fingerprint density at radius 3 is 2.61 bits per heavy atom. The van der Waals surface area contributed by atoms with Crippen molar-refractivity contribution in [3.63, 3.8) is 0 Å². The lowest BCUT2D eigenvalue weighted by Crippen LogP contribution is -2.26. The van der Waals surface area contributed by atoms with Crippen molar-refractivity contribution in [2.24, 2.45) is 5.92 Å². The molecule has 0 saturated heterocycles. The molecule has 0 aromatic heterocycles. The molecule has 0 aromatic carbocycles. The summed E-state index contributed by atoms with van der Waals surface area (Å²) in [6, 6.07) is 0. The van der Waals surface area contributed by atoms with E-state index in [0.717, 1.165) is 6.42 Å². The van der Waals surface area contributed by atoms with Crippen LogP contribution in [0.1, 0.15) is 32.6 Å². The van der Waals surface area contributed by atoms with E-state index in [2.05, 4.69) is 10.8 Å². The van der Waals surface area contributed by atoms with Gasteiger partial charge in [0.1, 0.15) is 5.76 Å². The van der Waals surface area contributed by atoms with E-state index in [-0.39, 0.29) is 18.1 Å². The zero-order valence-corrected chi connectivity index (χ0v) is 10.8. The zero-order chi connectivity index (χ0) is 14.0. The lowest BCUT2D eigenvalue weighted by molar-refractivity contribution is -0.0526. The number of allylic oxidation sites excluding steroid dienone is 3. The maximum absolute atomic E-state index is 12.2. The molecule has 0 aliphatic heterocycles. The van der Waals surface area contributed by atoms with Crippen LogP contribution in [0.15, 0.2) is 24.0 Å². The summed E-state index contributed by atoms with van der Waals surface area (Å²) in [6.45, 7) is 5.15. The molecule has 0 N–H and O–H groups in total. The van der Waals surface area contributed by atoms with Gasteiger partial charge in [0.2, 0.25) is 0 Å². The number of rotatable bonds is 4. The van der Waals surface area contributed by atoms with Crippen molar-refractivity contribution in [3.05, 3.63) is 24.0 Å². The maximum atomic E-state index is 12.2. The molecule has 0 heterocycles. The Morgan fingerprint density at radius 1 is 1.50 bits per heavy atom. The second-order valence-electron chi connectivity index (χ2n) is 4.32. The molecule has 0 bridgehead atoms. The van der Waals surface area contributed by atoms with Crippen LogP contribution in [-0.4, -0.2) is 13.9 Å². The third-order valence-electron chi connectivity index (χ3n) is 2.87. The average Bonchev–Trinajstić information content (AvgIpc) is 2.21. The summed E-state index contributed by atoms with van der Waals surface area (Å²) in [5.41, 5.74) is -4.82. The van der Waals surface area contributed by atoms with Crippen molar-refractivity contribution in [1.82, 2.24) is 0 Å². The highest BCUT2D eigenvalue weighted by Crippen LogP contribution is 2.35. The minimum absolute atomic E-state index is 0.0783. The summed E-state index contributed by atoms with van der Waals surface area (Å²) in [4.78, 5) is 0. The van der Waals surface area contributed by atoms with Crippen LogP contribution in [0.25, 0.3) is 0 Å². The van der Waals surface area contributed by atoms with Crippen LogP contribution in [0.5, 0.6) is 0 Å². The topological polar surface area (TPSA) is 43.4 Å². The van der Waals surface area contributed by atoms with Gasteiger partial charge in [-0.05, 0) is 37.7 Å². The lowest BCUT2D eigenvalue weighted by Gasteiger charge is -2.24. The van der Waals surface area contributed by atoms with E-state index in [0.29, 0.717) is 18.4 Å². The predicted octanol–water partition coefficient (Wildman–Crippen LogP) is 3.50. The molecule has 1 aliphatic rings. The summed E-state index contributed by atoms with van der Waals surface area (Å²) in [7, 11) is -5.55. The first kappa shape index (κ1) is 15.1. The third-order valence-corrected chi connectivity index (χ3v) is 3.86. The van der Waals surface area contributed by atoms with E-state index < -0.39 is 15.6 Å². The van der Waals surface area contributed by atoms with Gasteiger partial charge in [-0.3, -0.25) is 0 Å². The van der Waals surface area contributed by atoms with Gasteiger partial charge in [-0.25, -0.2) is 0 Å². The minimum Gasteiger partial charge on any atom is -0.381 e. The molecule has 0 fully saturated rings. The molecule has 1 unspecified atom stereocenters. The van der Waals surface area contributed by atoms with Crippen LogP contribution in [0, 0.1) is 5.92 Å². The molecule has 7 heteroatoms. The van der Waals surface area contributed by atoms with Crippen LogP contribution < -0.4 is 0 Å². The van der Waals surface area contributed by atoms with Crippen molar-refractivity contribution < 1.29 is 25.8 Å². The average molecular weight is 284 g/mol. The summed E-state index contributed by atoms with van der Waals surface area (Å²) < 4.78 is 62.7. The fourth-order valence-corrected chi connectivity index (χ4v) is 2.39. The maximum Gasteiger partial charge on any atom is 0.534 e. The molecular weight excluding hydrogens is 269 g/mol. The first-order valence-electron chi connectivity index (χ1n) is 5.47. The van der Waals surface area contributed by atoms with Gasteiger partial charge in [-0.15, -0.1) is 6.58 Å². The van der Waals surface area contributed by atoms with Crippen molar-refractivity contribution in [3.8, 4) is 0 Å². The largest absolute Gasteiger partial charge is 0.534 e. The Morgan fingerprint density at radius 2 is 2.11 bits per heavy atom. The van der Waals surface area contributed by atoms with E-state index in [9.17, 15) is 21.6 Å². The molecule has 1 aliphatic carbocycles. The molecule has 3 nitrogen and oxygen atoms in total. The highest BCUT2D eigenvalue weighted by Gasteiger charge is 2.49. The molecule has 104 valence electrons. The summed E-state index contributed by atoms with van der Waals surface area (Å²) in [5, 5.41) is 0. The van der Waals surface area contributed by atoms with Crippen LogP contribution in [-0.2, 0) is 14.3 Å². The van der Waals surface area contributed by atoms with Gasteiger partial charge >= 0.3 is 15.6 Å². The van der Waals surface area contributed by atoms with E-state index in [1.54, 1.807) is 13.0 Å². The number of hydrogen-bond donors (Lipinski definition) is 0. The van der Waals surface area contributed by atoms with Crippen LogP contribution in [0.3, 0.4) is 0 Å². The first-order chi connectivity index (χ1) is 8.17. The summed E-state index contributed by atoms with van der Waals surface area (Å²) in [6.07, 6.45) is 3.85. The van der Waals surface area contributed by atoms with Crippen molar-refractivity contribution in [2.45, 2.75) is 38.1 Å². The normalized spacial score (nSPS) is 21.9. The second kappa shape index (κ2) is 5.34. The molecule has 18 heavy (non-hydrogen) atoms. The fourth-order valence-electron chi connectivity index (χ4n) is 1.82. The van der Waals surface area contributed by atoms with E-state index in [1.807, 2.05) is 0 Å². The smallest absolute Gasteiger partial charge is 0.381 e. The number of halogens is 3. The summed E-state index contributed by atoms with van der Waals surface area (Å²) >= 11 is 0. The van der Waals surface area contributed by atoms with Crippen LogP contribution >= 0.6 is 0 Å². The predicted molar refractivity (Wildman–Crippen MR) is 60.9 cm³/mol. The Bertz CT molecular complexity index is 449. The SMILES string of the molecule is C=CCC1CCC(C)=C(OS(=O)(=O)C(F)(F)F)C1. The van der Waals surface area contributed by atoms with Gasteiger partial charge in [0, 0.05) is 6.42 Å². The van der Waals surface area contributed by atoms with Crippen LogP contribution in [0.2, 0.25) is 0 Å². The zero-order valence-electron chi connectivity index (χ0n) is 9.96. The fraction of sp³-hybridized carbons (Fsp3) is 0.636.